The summed E-state index contributed by atoms with van der Waals surface area (Å²) in [7, 11) is 0. The zero-order valence-electron chi connectivity index (χ0n) is 12.4. The highest BCUT2D eigenvalue weighted by Crippen LogP contribution is 2.34. The van der Waals surface area contributed by atoms with Crippen molar-refractivity contribution in [3.8, 4) is 0 Å². The lowest BCUT2D eigenvalue weighted by Gasteiger charge is -2.36. The van der Waals surface area contributed by atoms with Crippen LogP contribution in [-0.4, -0.2) is 59.0 Å². The third-order valence-corrected chi connectivity index (χ3v) is 5.03. The van der Waals surface area contributed by atoms with Crippen molar-refractivity contribution in [2.24, 2.45) is 0 Å². The van der Waals surface area contributed by atoms with E-state index < -0.39 is 0 Å². The lowest BCUT2D eigenvalue weighted by Crippen LogP contribution is -2.52. The molecule has 112 valence electrons. The van der Waals surface area contributed by atoms with E-state index in [9.17, 15) is 9.59 Å². The third-order valence-electron chi connectivity index (χ3n) is 5.03. The van der Waals surface area contributed by atoms with Crippen LogP contribution in [0.2, 0.25) is 0 Å². The summed E-state index contributed by atoms with van der Waals surface area (Å²) in [6.07, 6.45) is 5.18. The van der Waals surface area contributed by atoms with Crippen molar-refractivity contribution in [1.29, 1.82) is 0 Å². The summed E-state index contributed by atoms with van der Waals surface area (Å²) in [5.41, 5.74) is 0. The average molecular weight is 280 g/mol. The van der Waals surface area contributed by atoms with Crippen molar-refractivity contribution < 1.29 is 14.3 Å². The Morgan fingerprint density at radius 3 is 2.55 bits per heavy atom. The van der Waals surface area contributed by atoms with Gasteiger partial charge >= 0.3 is 5.97 Å². The first-order chi connectivity index (χ1) is 9.58. The van der Waals surface area contributed by atoms with E-state index in [-0.39, 0.29) is 24.0 Å². The van der Waals surface area contributed by atoms with E-state index in [0.29, 0.717) is 12.1 Å². The van der Waals surface area contributed by atoms with Crippen molar-refractivity contribution in [2.45, 2.75) is 70.2 Å². The van der Waals surface area contributed by atoms with Crippen LogP contribution in [0.4, 0.5) is 0 Å². The van der Waals surface area contributed by atoms with E-state index in [1.165, 1.54) is 0 Å². The molecular weight excluding hydrogens is 256 g/mol. The Morgan fingerprint density at radius 2 is 1.90 bits per heavy atom. The number of carbonyl (C=O) groups is 2. The molecule has 0 spiro atoms. The summed E-state index contributed by atoms with van der Waals surface area (Å²) in [5, 5.41) is 0. The molecule has 0 aliphatic carbocycles. The molecule has 3 aliphatic rings. The molecule has 1 amide bonds. The number of hydrogen-bond donors (Lipinski definition) is 0. The monoisotopic (exact) mass is 280 g/mol. The van der Waals surface area contributed by atoms with Gasteiger partial charge in [0.25, 0.3) is 0 Å². The Labute approximate surface area is 120 Å². The Bertz CT molecular complexity index is 412. The van der Waals surface area contributed by atoms with E-state index in [0.717, 1.165) is 45.2 Å². The summed E-state index contributed by atoms with van der Waals surface area (Å²) >= 11 is 0. The van der Waals surface area contributed by atoms with Gasteiger partial charge in [0, 0.05) is 32.0 Å². The molecule has 0 aromatic rings. The Balaban J connectivity index is 1.75. The summed E-state index contributed by atoms with van der Waals surface area (Å²) < 4.78 is 5.31. The number of likely N-dealkylation sites (tertiary alicyclic amines) is 2. The van der Waals surface area contributed by atoms with Gasteiger partial charge in [0.05, 0.1) is 0 Å². The molecule has 0 saturated carbocycles. The molecule has 0 unspecified atom stereocenters. The second-order valence-corrected chi connectivity index (χ2v) is 6.37. The first-order valence-corrected chi connectivity index (χ1v) is 7.81. The standard InChI is InChI=1S/C15H24N2O3/c1-10-9-14(15(19)20-10)17-8-4-6-13(17)12-5-3-7-16(12)11(2)18/h10,12-14H,3-9H2,1-2H3/t10-,12+,13-,14+/m0/s1. The number of nitrogens with zero attached hydrogens (tertiary/aromatic N) is 2. The van der Waals surface area contributed by atoms with Gasteiger partial charge in [0.2, 0.25) is 5.91 Å². The highest BCUT2D eigenvalue weighted by molar-refractivity contribution is 5.78. The topological polar surface area (TPSA) is 49.9 Å². The van der Waals surface area contributed by atoms with Crippen LogP contribution in [0, 0.1) is 0 Å². The first-order valence-electron chi connectivity index (χ1n) is 7.81. The quantitative estimate of drug-likeness (QED) is 0.712. The van der Waals surface area contributed by atoms with Crippen LogP contribution in [0.1, 0.15) is 46.0 Å². The first kappa shape index (κ1) is 13.9. The fraction of sp³-hybridized carbons (Fsp3) is 0.867. The molecule has 3 fully saturated rings. The van der Waals surface area contributed by atoms with Gasteiger partial charge in [-0.15, -0.1) is 0 Å². The van der Waals surface area contributed by atoms with Gasteiger partial charge < -0.3 is 9.64 Å². The Kier molecular flexibility index (Phi) is 3.71. The molecule has 0 aromatic heterocycles. The highest BCUT2D eigenvalue weighted by atomic mass is 16.6. The molecule has 20 heavy (non-hydrogen) atoms. The van der Waals surface area contributed by atoms with Crippen molar-refractivity contribution in [3.05, 3.63) is 0 Å². The van der Waals surface area contributed by atoms with Crippen LogP contribution >= 0.6 is 0 Å². The summed E-state index contributed by atoms with van der Waals surface area (Å²) in [4.78, 5) is 28.1. The molecule has 0 aromatic carbocycles. The lowest BCUT2D eigenvalue weighted by atomic mass is 10.0. The number of hydrogen-bond acceptors (Lipinski definition) is 4. The van der Waals surface area contributed by atoms with Crippen molar-refractivity contribution in [1.82, 2.24) is 9.80 Å². The molecule has 0 bridgehead atoms. The number of amides is 1. The molecule has 3 saturated heterocycles. The average Bonchev–Trinajstić information content (AvgIpc) is 3.06. The third kappa shape index (κ3) is 2.32. The highest BCUT2D eigenvalue weighted by Gasteiger charge is 2.46. The van der Waals surface area contributed by atoms with Crippen molar-refractivity contribution >= 4 is 11.9 Å². The van der Waals surface area contributed by atoms with Gasteiger partial charge in [-0.05, 0) is 39.2 Å². The predicted molar refractivity (Wildman–Crippen MR) is 74.1 cm³/mol. The summed E-state index contributed by atoms with van der Waals surface area (Å²) in [6.45, 7) is 5.44. The molecular formula is C15H24N2O3. The van der Waals surface area contributed by atoms with Crippen LogP contribution in [-0.2, 0) is 14.3 Å². The normalized spacial score (nSPS) is 38.5. The molecule has 3 heterocycles. The van der Waals surface area contributed by atoms with E-state index in [1.54, 1.807) is 6.92 Å². The van der Waals surface area contributed by atoms with Crippen LogP contribution in [0.15, 0.2) is 0 Å². The molecule has 5 nitrogen and oxygen atoms in total. The molecule has 0 N–H and O–H groups in total. The van der Waals surface area contributed by atoms with E-state index >= 15 is 0 Å². The molecule has 5 heteroatoms. The minimum atomic E-state index is -0.0908. The SMILES string of the molecule is CC(=O)N1CCC[C@@H]1[C@@H]1CCCN1[C@@H]1C[C@H](C)OC1=O. The molecule has 3 aliphatic heterocycles. The summed E-state index contributed by atoms with van der Waals surface area (Å²) in [6, 6.07) is 0.537. The maximum absolute atomic E-state index is 12.0. The van der Waals surface area contributed by atoms with Gasteiger partial charge in [-0.25, -0.2) is 0 Å². The number of carbonyl (C=O) groups excluding carboxylic acids is 2. The number of rotatable bonds is 2. The second kappa shape index (κ2) is 5.35. The smallest absolute Gasteiger partial charge is 0.323 e. The van der Waals surface area contributed by atoms with Gasteiger partial charge in [-0.2, -0.15) is 0 Å². The maximum Gasteiger partial charge on any atom is 0.323 e. The van der Waals surface area contributed by atoms with Crippen LogP contribution in [0.25, 0.3) is 0 Å². The van der Waals surface area contributed by atoms with Crippen LogP contribution < -0.4 is 0 Å². The van der Waals surface area contributed by atoms with Gasteiger partial charge in [0.1, 0.15) is 12.1 Å². The van der Waals surface area contributed by atoms with Crippen molar-refractivity contribution in [2.75, 3.05) is 13.1 Å². The van der Waals surface area contributed by atoms with E-state index in [1.807, 2.05) is 11.8 Å². The van der Waals surface area contributed by atoms with E-state index in [2.05, 4.69) is 4.90 Å². The van der Waals surface area contributed by atoms with Crippen molar-refractivity contribution in [3.63, 3.8) is 0 Å². The lowest BCUT2D eigenvalue weighted by molar-refractivity contribution is -0.145. The fourth-order valence-corrected chi connectivity index (χ4v) is 4.20. The number of ether oxygens (including phenoxy) is 1. The fourth-order valence-electron chi connectivity index (χ4n) is 4.20. The number of cyclic esters (lactones) is 1. The zero-order valence-corrected chi connectivity index (χ0v) is 12.4. The summed E-state index contributed by atoms with van der Waals surface area (Å²) in [5.74, 6) is 0.0958. The minimum absolute atomic E-state index is 0.0289. The largest absolute Gasteiger partial charge is 0.461 e. The maximum atomic E-state index is 12.0. The Hall–Kier alpha value is -1.10. The minimum Gasteiger partial charge on any atom is -0.461 e. The second-order valence-electron chi connectivity index (χ2n) is 6.37. The predicted octanol–water partition coefficient (Wildman–Crippen LogP) is 1.17. The Morgan fingerprint density at radius 1 is 1.20 bits per heavy atom. The zero-order chi connectivity index (χ0) is 14.3. The van der Waals surface area contributed by atoms with Crippen LogP contribution in [0.3, 0.4) is 0 Å². The van der Waals surface area contributed by atoms with Gasteiger partial charge in [0.15, 0.2) is 0 Å². The van der Waals surface area contributed by atoms with Gasteiger partial charge in [-0.3, -0.25) is 14.5 Å². The van der Waals surface area contributed by atoms with E-state index in [4.69, 9.17) is 4.74 Å². The molecule has 3 rings (SSSR count). The molecule has 0 radical (unpaired) electrons. The number of esters is 1. The van der Waals surface area contributed by atoms with Crippen LogP contribution in [0.5, 0.6) is 0 Å². The van der Waals surface area contributed by atoms with Gasteiger partial charge in [-0.1, -0.05) is 0 Å². The molecule has 4 atom stereocenters.